The summed E-state index contributed by atoms with van der Waals surface area (Å²) in [5.74, 6) is 1.62. The summed E-state index contributed by atoms with van der Waals surface area (Å²) in [6, 6.07) is 9.18. The van der Waals surface area contributed by atoms with Crippen molar-refractivity contribution in [2.24, 2.45) is 56.7 Å². The number of methoxy groups -OCH3 is 2. The van der Waals surface area contributed by atoms with Gasteiger partial charge in [-0.2, -0.15) is 0 Å². The number of nitrogens with zero attached hydrogens (tertiary/aromatic N) is 1. The summed E-state index contributed by atoms with van der Waals surface area (Å²) >= 11 is 0. The molecule has 4 fully saturated rings. The van der Waals surface area contributed by atoms with Crippen molar-refractivity contribution >= 4 is 23.4 Å². The SMILES string of the molecule is C=C(C)[C@@H]1CC[C@]2(C(=O)NCCN(CC(=O)OC)CC(=O)OC)CC[C@]3(C)[C@H](CC[C@@H]4[C@@]5(C)CC=C(c6ccc(C)cc6)C(C)(C)[C@@H]5CC[C@]43C)[C@@H]12. The van der Waals surface area contributed by atoms with E-state index in [0.717, 1.165) is 32.1 Å². The predicted molar refractivity (Wildman–Crippen MR) is 207 cm³/mol. The van der Waals surface area contributed by atoms with E-state index >= 15 is 0 Å². The van der Waals surface area contributed by atoms with E-state index in [0.29, 0.717) is 36.8 Å². The Labute approximate surface area is 313 Å². The van der Waals surface area contributed by atoms with Crippen molar-refractivity contribution in [1.82, 2.24) is 10.2 Å². The van der Waals surface area contributed by atoms with Crippen LogP contribution in [-0.4, -0.2) is 63.1 Å². The summed E-state index contributed by atoms with van der Waals surface area (Å²) in [6.07, 6.45) is 12.5. The maximum absolute atomic E-state index is 14.6. The Balaban J connectivity index is 1.26. The third-order valence-electron chi connectivity index (χ3n) is 16.3. The number of carbonyl (C=O) groups is 3. The van der Waals surface area contributed by atoms with Crippen molar-refractivity contribution in [2.45, 2.75) is 106 Å². The molecule has 1 aromatic carbocycles. The van der Waals surface area contributed by atoms with Gasteiger partial charge in [0.25, 0.3) is 0 Å². The van der Waals surface area contributed by atoms with Gasteiger partial charge in [0.1, 0.15) is 0 Å². The Hall–Kier alpha value is -2.93. The average Bonchev–Trinajstić information content (AvgIpc) is 3.50. The van der Waals surface area contributed by atoms with Crippen molar-refractivity contribution in [2.75, 3.05) is 40.4 Å². The fourth-order valence-electron chi connectivity index (χ4n) is 13.6. The number of fused-ring (bicyclic) bond motifs is 7. The standard InChI is InChI=1S/C45H66N2O5/c1-29(2)32-17-22-45(40(50)46-25-26-47(27-37(48)51-9)28-38(49)52-10)24-23-43(7)34(39(32)45)15-16-36-42(6)20-18-33(31-13-11-30(3)12-14-31)41(4,5)35(42)19-21-44(36,43)8/h11-14,18,32,34-36,39H,1,15-17,19-28H2,2-10H3,(H,46,50)/t32-,34+,35-,36+,39+,42-,43+,44+,45-/m0/s1. The molecule has 286 valence electrons. The van der Waals surface area contributed by atoms with E-state index in [-0.39, 0.29) is 46.6 Å². The number of rotatable bonds is 10. The van der Waals surface area contributed by atoms with Gasteiger partial charge in [-0.25, -0.2) is 0 Å². The highest BCUT2D eigenvalue weighted by Gasteiger charge is 2.71. The molecule has 1 N–H and O–H groups in total. The van der Waals surface area contributed by atoms with Crippen molar-refractivity contribution in [3.8, 4) is 0 Å². The summed E-state index contributed by atoms with van der Waals surface area (Å²) in [7, 11) is 2.67. The molecule has 7 nitrogen and oxygen atoms in total. The van der Waals surface area contributed by atoms with Gasteiger partial charge in [-0.1, -0.05) is 82.7 Å². The zero-order chi connectivity index (χ0) is 37.9. The average molecular weight is 715 g/mol. The Bertz CT molecular complexity index is 1580. The van der Waals surface area contributed by atoms with E-state index in [1.807, 2.05) is 0 Å². The van der Waals surface area contributed by atoms with Crippen LogP contribution in [0, 0.1) is 63.6 Å². The van der Waals surface area contributed by atoms with E-state index in [1.165, 1.54) is 62.2 Å². The molecule has 4 saturated carbocycles. The third kappa shape index (κ3) is 6.09. The molecule has 1 amide bonds. The van der Waals surface area contributed by atoms with Crippen LogP contribution in [0.5, 0.6) is 0 Å². The molecule has 0 spiro atoms. The first-order valence-corrected chi connectivity index (χ1v) is 20.1. The molecule has 0 heterocycles. The number of hydrogen-bond acceptors (Lipinski definition) is 6. The number of amides is 1. The number of benzene rings is 1. The summed E-state index contributed by atoms with van der Waals surface area (Å²) < 4.78 is 9.71. The lowest BCUT2D eigenvalue weighted by Crippen LogP contribution is -2.66. The lowest BCUT2D eigenvalue weighted by Gasteiger charge is -2.72. The summed E-state index contributed by atoms with van der Waals surface area (Å²) in [6.45, 7) is 22.5. The number of aryl methyl sites for hydroxylation is 1. The normalized spacial score (nSPS) is 37.4. The second-order valence-electron chi connectivity index (χ2n) is 18.9. The molecule has 7 heteroatoms. The number of allylic oxidation sites excluding steroid dienone is 3. The second-order valence-corrected chi connectivity index (χ2v) is 18.9. The van der Waals surface area contributed by atoms with Gasteiger partial charge in [0.15, 0.2) is 0 Å². The lowest BCUT2D eigenvalue weighted by molar-refractivity contribution is -0.225. The molecule has 9 atom stereocenters. The Kier molecular flexibility index (Phi) is 10.5. The van der Waals surface area contributed by atoms with Gasteiger partial charge in [0, 0.05) is 13.1 Å². The van der Waals surface area contributed by atoms with Crippen molar-refractivity contribution in [3.63, 3.8) is 0 Å². The zero-order valence-corrected chi connectivity index (χ0v) is 33.7. The van der Waals surface area contributed by atoms with Crippen LogP contribution in [0.2, 0.25) is 0 Å². The van der Waals surface area contributed by atoms with Gasteiger partial charge in [-0.05, 0) is 134 Å². The molecular weight excluding hydrogens is 649 g/mol. The Morgan fingerprint density at radius 2 is 1.50 bits per heavy atom. The van der Waals surface area contributed by atoms with Crippen LogP contribution in [0.3, 0.4) is 0 Å². The first-order chi connectivity index (χ1) is 24.5. The van der Waals surface area contributed by atoms with Crippen LogP contribution in [0.4, 0.5) is 0 Å². The highest BCUT2D eigenvalue weighted by molar-refractivity contribution is 5.84. The molecule has 5 aliphatic rings. The predicted octanol–water partition coefficient (Wildman–Crippen LogP) is 8.41. The van der Waals surface area contributed by atoms with E-state index < -0.39 is 17.4 Å². The Morgan fingerprint density at radius 1 is 0.846 bits per heavy atom. The zero-order valence-electron chi connectivity index (χ0n) is 33.7. The maximum atomic E-state index is 14.6. The molecule has 0 aliphatic heterocycles. The van der Waals surface area contributed by atoms with Gasteiger partial charge in [0.05, 0.1) is 32.7 Å². The van der Waals surface area contributed by atoms with Gasteiger partial charge in [-0.15, -0.1) is 0 Å². The van der Waals surface area contributed by atoms with Crippen LogP contribution >= 0.6 is 0 Å². The maximum Gasteiger partial charge on any atom is 0.319 e. The molecule has 0 radical (unpaired) electrons. The van der Waals surface area contributed by atoms with Crippen molar-refractivity contribution < 1.29 is 23.9 Å². The first kappa shape index (κ1) is 38.8. The fraction of sp³-hybridized carbons (Fsp3) is 0.711. The van der Waals surface area contributed by atoms with Gasteiger partial charge in [-0.3, -0.25) is 19.3 Å². The van der Waals surface area contributed by atoms with E-state index in [4.69, 9.17) is 9.47 Å². The van der Waals surface area contributed by atoms with Crippen LogP contribution in [-0.2, 0) is 23.9 Å². The molecule has 5 aliphatic carbocycles. The number of nitrogens with one attached hydrogen (secondary N) is 1. The molecule has 0 unspecified atom stereocenters. The fourth-order valence-corrected chi connectivity index (χ4v) is 13.6. The van der Waals surface area contributed by atoms with Crippen LogP contribution in [0.25, 0.3) is 5.57 Å². The van der Waals surface area contributed by atoms with E-state index in [1.54, 1.807) is 4.90 Å². The molecular formula is C45H66N2O5. The van der Waals surface area contributed by atoms with Crippen LogP contribution < -0.4 is 5.32 Å². The van der Waals surface area contributed by atoms with E-state index in [2.05, 4.69) is 90.7 Å². The minimum absolute atomic E-state index is 0.0346. The first-order valence-electron chi connectivity index (χ1n) is 20.1. The number of ether oxygens (including phenoxy) is 2. The Morgan fingerprint density at radius 3 is 2.12 bits per heavy atom. The summed E-state index contributed by atoms with van der Waals surface area (Å²) in [5, 5.41) is 3.31. The number of hydrogen-bond donors (Lipinski definition) is 1. The monoisotopic (exact) mass is 714 g/mol. The van der Waals surface area contributed by atoms with Crippen LogP contribution in [0.1, 0.15) is 110 Å². The minimum Gasteiger partial charge on any atom is -0.468 e. The highest BCUT2D eigenvalue weighted by Crippen LogP contribution is 2.77. The van der Waals surface area contributed by atoms with Gasteiger partial charge >= 0.3 is 11.9 Å². The van der Waals surface area contributed by atoms with Crippen LogP contribution in [0.15, 0.2) is 42.5 Å². The molecule has 0 aromatic heterocycles. The number of esters is 2. The van der Waals surface area contributed by atoms with Gasteiger partial charge in [0.2, 0.25) is 5.91 Å². The summed E-state index contributed by atoms with van der Waals surface area (Å²) in [5.41, 5.74) is 5.68. The second kappa shape index (κ2) is 14.0. The van der Waals surface area contributed by atoms with Crippen molar-refractivity contribution in [3.05, 3.63) is 53.6 Å². The lowest BCUT2D eigenvalue weighted by atomic mass is 9.32. The van der Waals surface area contributed by atoms with Crippen molar-refractivity contribution in [1.29, 1.82) is 0 Å². The molecule has 52 heavy (non-hydrogen) atoms. The summed E-state index contributed by atoms with van der Waals surface area (Å²) in [4.78, 5) is 40.4. The van der Waals surface area contributed by atoms with E-state index in [9.17, 15) is 14.4 Å². The molecule has 1 aromatic rings. The topological polar surface area (TPSA) is 84.9 Å². The molecule has 0 bridgehead atoms. The molecule has 6 rings (SSSR count). The minimum atomic E-state index is -0.424. The largest absolute Gasteiger partial charge is 0.468 e. The highest BCUT2D eigenvalue weighted by atomic mass is 16.5. The quantitative estimate of drug-likeness (QED) is 0.194. The smallest absolute Gasteiger partial charge is 0.319 e. The van der Waals surface area contributed by atoms with Gasteiger partial charge < -0.3 is 14.8 Å². The number of carbonyl (C=O) groups excluding carboxylic acids is 3. The molecule has 0 saturated heterocycles. The third-order valence-corrected chi connectivity index (χ3v) is 16.3.